The number of amides is 1. The molecule has 8 heteroatoms. The van der Waals surface area contributed by atoms with Crippen LogP contribution in [0, 0.1) is 6.92 Å². The minimum Gasteiger partial charge on any atom is -0.340 e. The summed E-state index contributed by atoms with van der Waals surface area (Å²) in [6.45, 7) is 5.54. The third-order valence-corrected chi connectivity index (χ3v) is 8.17. The topological polar surface area (TPSA) is 60.9 Å². The monoisotopic (exact) mass is 371 g/mol. The molecule has 2 aliphatic rings. The van der Waals surface area contributed by atoms with Crippen LogP contribution in [0.4, 0.5) is 0 Å². The first kappa shape index (κ1) is 17.8. The van der Waals surface area contributed by atoms with Crippen molar-refractivity contribution in [1.29, 1.82) is 0 Å². The number of carbonyl (C=O) groups is 1. The molecule has 134 valence electrons. The average Bonchev–Trinajstić information content (AvgIpc) is 3.14. The van der Waals surface area contributed by atoms with E-state index in [4.69, 9.17) is 0 Å². The van der Waals surface area contributed by atoms with Gasteiger partial charge in [0.15, 0.2) is 0 Å². The Morgan fingerprint density at radius 2 is 1.92 bits per heavy atom. The molecule has 0 spiro atoms. The van der Waals surface area contributed by atoms with Crippen molar-refractivity contribution in [3.8, 4) is 0 Å². The van der Waals surface area contributed by atoms with Crippen LogP contribution in [-0.2, 0) is 14.8 Å². The Bertz CT molecular complexity index is 701. The van der Waals surface area contributed by atoms with E-state index in [1.807, 2.05) is 17.9 Å². The molecule has 0 aromatic carbocycles. The fourth-order valence-corrected chi connectivity index (χ4v) is 6.48. The smallest absolute Gasteiger partial charge is 0.253 e. The summed E-state index contributed by atoms with van der Waals surface area (Å²) >= 11 is 1.27. The summed E-state index contributed by atoms with van der Waals surface area (Å²) in [7, 11) is -1.52. The maximum Gasteiger partial charge on any atom is 0.253 e. The molecule has 3 rings (SSSR count). The molecule has 2 aliphatic heterocycles. The van der Waals surface area contributed by atoms with Crippen LogP contribution >= 0.6 is 11.3 Å². The Labute approximate surface area is 148 Å². The quantitative estimate of drug-likeness (QED) is 0.805. The Kier molecular flexibility index (Phi) is 5.29. The van der Waals surface area contributed by atoms with Crippen molar-refractivity contribution in [2.75, 3.05) is 39.8 Å². The molecule has 3 heterocycles. The Morgan fingerprint density at radius 1 is 1.12 bits per heavy atom. The van der Waals surface area contributed by atoms with Crippen LogP contribution in [0.1, 0.15) is 24.1 Å². The zero-order valence-electron chi connectivity index (χ0n) is 14.3. The van der Waals surface area contributed by atoms with Gasteiger partial charge in [-0.1, -0.05) is 0 Å². The van der Waals surface area contributed by atoms with Gasteiger partial charge >= 0.3 is 0 Å². The van der Waals surface area contributed by atoms with Crippen molar-refractivity contribution in [2.24, 2.45) is 0 Å². The van der Waals surface area contributed by atoms with E-state index in [9.17, 15) is 13.2 Å². The maximum atomic E-state index is 13.0. The summed E-state index contributed by atoms with van der Waals surface area (Å²) in [6, 6.07) is 2.92. The molecule has 0 N–H and O–H groups in total. The van der Waals surface area contributed by atoms with Crippen LogP contribution < -0.4 is 0 Å². The van der Waals surface area contributed by atoms with E-state index in [-0.39, 0.29) is 5.91 Å². The average molecular weight is 372 g/mol. The van der Waals surface area contributed by atoms with Crippen molar-refractivity contribution in [3.05, 3.63) is 17.0 Å². The standard InChI is InChI=1S/C16H25N3O3S2/c1-13-6-7-15(23-13)24(21,22)19-10-3-5-14(19)16(20)18-9-4-8-17(2)11-12-18/h6-7,14H,3-5,8-12H2,1-2H3. The lowest BCUT2D eigenvalue weighted by Gasteiger charge is -2.28. The molecule has 0 saturated carbocycles. The SMILES string of the molecule is Cc1ccc(S(=O)(=O)N2CCCC2C(=O)N2CCCN(C)CC2)s1. The molecule has 0 radical (unpaired) electrons. The van der Waals surface area contributed by atoms with Gasteiger partial charge in [-0.25, -0.2) is 8.42 Å². The predicted molar refractivity (Wildman–Crippen MR) is 94.7 cm³/mol. The molecule has 2 saturated heterocycles. The van der Waals surface area contributed by atoms with Crippen LogP contribution in [0.3, 0.4) is 0 Å². The number of sulfonamides is 1. The van der Waals surface area contributed by atoms with Gasteiger partial charge in [-0.15, -0.1) is 11.3 Å². The van der Waals surface area contributed by atoms with E-state index in [2.05, 4.69) is 11.9 Å². The molecular weight excluding hydrogens is 346 g/mol. The van der Waals surface area contributed by atoms with E-state index in [0.29, 0.717) is 30.3 Å². The van der Waals surface area contributed by atoms with Crippen LogP contribution in [0.25, 0.3) is 0 Å². The Balaban J connectivity index is 1.78. The highest BCUT2D eigenvalue weighted by atomic mass is 32.2. The zero-order chi connectivity index (χ0) is 17.3. The second-order valence-corrected chi connectivity index (χ2v) is 10.0. The normalized spacial score (nSPS) is 24.2. The summed E-state index contributed by atoms with van der Waals surface area (Å²) in [4.78, 5) is 18.0. The fraction of sp³-hybridized carbons (Fsp3) is 0.688. The molecule has 1 unspecified atom stereocenters. The van der Waals surface area contributed by atoms with Crippen molar-refractivity contribution in [3.63, 3.8) is 0 Å². The fourth-order valence-electron chi connectivity index (χ4n) is 3.42. The highest BCUT2D eigenvalue weighted by molar-refractivity contribution is 7.91. The van der Waals surface area contributed by atoms with Gasteiger partial charge in [-0.2, -0.15) is 4.31 Å². The van der Waals surface area contributed by atoms with Gasteiger partial charge in [-0.3, -0.25) is 4.79 Å². The number of hydrogen-bond donors (Lipinski definition) is 0. The van der Waals surface area contributed by atoms with E-state index in [0.717, 1.165) is 30.8 Å². The van der Waals surface area contributed by atoms with Crippen LogP contribution in [-0.4, -0.2) is 74.2 Å². The van der Waals surface area contributed by atoms with Gasteiger partial charge in [0.25, 0.3) is 10.0 Å². The molecule has 0 bridgehead atoms. The minimum atomic E-state index is -3.58. The Hall–Kier alpha value is -0.960. The molecule has 24 heavy (non-hydrogen) atoms. The number of carbonyl (C=O) groups excluding carboxylic acids is 1. The molecule has 6 nitrogen and oxygen atoms in total. The van der Waals surface area contributed by atoms with Gasteiger partial charge in [0.2, 0.25) is 5.91 Å². The molecule has 2 fully saturated rings. The summed E-state index contributed by atoms with van der Waals surface area (Å²) in [5.41, 5.74) is 0. The zero-order valence-corrected chi connectivity index (χ0v) is 15.9. The molecular formula is C16H25N3O3S2. The highest BCUT2D eigenvalue weighted by Crippen LogP contribution is 2.31. The van der Waals surface area contributed by atoms with E-state index < -0.39 is 16.1 Å². The van der Waals surface area contributed by atoms with Gasteiger partial charge in [-0.05, 0) is 51.9 Å². The lowest BCUT2D eigenvalue weighted by atomic mass is 10.2. The predicted octanol–water partition coefficient (Wildman–Crippen LogP) is 1.37. The number of aryl methyl sites for hydroxylation is 1. The molecule has 1 aromatic heterocycles. The third-order valence-electron chi connectivity index (χ3n) is 4.80. The van der Waals surface area contributed by atoms with Crippen molar-refractivity contribution in [1.82, 2.24) is 14.1 Å². The first-order valence-electron chi connectivity index (χ1n) is 8.45. The lowest BCUT2D eigenvalue weighted by Crippen LogP contribution is -2.48. The van der Waals surface area contributed by atoms with Crippen LogP contribution in [0.5, 0.6) is 0 Å². The van der Waals surface area contributed by atoms with Crippen molar-refractivity contribution in [2.45, 2.75) is 36.4 Å². The number of likely N-dealkylation sites (N-methyl/N-ethyl adjacent to an activating group) is 1. The van der Waals surface area contributed by atoms with E-state index >= 15 is 0 Å². The highest BCUT2D eigenvalue weighted by Gasteiger charge is 2.41. The molecule has 1 amide bonds. The second kappa shape index (κ2) is 7.11. The number of thiophene rings is 1. The number of hydrogen-bond acceptors (Lipinski definition) is 5. The van der Waals surface area contributed by atoms with Crippen LogP contribution in [0.2, 0.25) is 0 Å². The van der Waals surface area contributed by atoms with E-state index in [1.54, 1.807) is 6.07 Å². The molecule has 1 aromatic rings. The third kappa shape index (κ3) is 3.51. The number of nitrogens with zero attached hydrogens (tertiary/aromatic N) is 3. The summed E-state index contributed by atoms with van der Waals surface area (Å²) in [6.07, 6.45) is 2.30. The maximum absolute atomic E-state index is 13.0. The largest absolute Gasteiger partial charge is 0.340 e. The van der Waals surface area contributed by atoms with Crippen molar-refractivity contribution >= 4 is 27.3 Å². The van der Waals surface area contributed by atoms with Gasteiger partial charge < -0.3 is 9.80 Å². The lowest BCUT2D eigenvalue weighted by molar-refractivity contribution is -0.134. The Morgan fingerprint density at radius 3 is 2.62 bits per heavy atom. The van der Waals surface area contributed by atoms with Crippen molar-refractivity contribution < 1.29 is 13.2 Å². The van der Waals surface area contributed by atoms with Gasteiger partial charge in [0, 0.05) is 31.1 Å². The van der Waals surface area contributed by atoms with Gasteiger partial charge in [0.1, 0.15) is 10.3 Å². The number of rotatable bonds is 3. The molecule has 0 aliphatic carbocycles. The summed E-state index contributed by atoms with van der Waals surface area (Å²) in [5, 5.41) is 0. The van der Waals surface area contributed by atoms with Gasteiger partial charge in [0.05, 0.1) is 0 Å². The van der Waals surface area contributed by atoms with Crippen LogP contribution in [0.15, 0.2) is 16.3 Å². The second-order valence-electron chi connectivity index (χ2n) is 6.62. The van der Waals surface area contributed by atoms with E-state index in [1.165, 1.54) is 15.6 Å². The minimum absolute atomic E-state index is 0.0281. The first-order valence-corrected chi connectivity index (χ1v) is 10.7. The molecule has 1 atom stereocenters. The summed E-state index contributed by atoms with van der Waals surface area (Å²) in [5.74, 6) is -0.0281. The first-order chi connectivity index (χ1) is 11.4. The summed E-state index contributed by atoms with van der Waals surface area (Å²) < 4.78 is 27.6.